The Morgan fingerprint density at radius 3 is 2.83 bits per heavy atom. The van der Waals surface area contributed by atoms with E-state index in [9.17, 15) is 4.79 Å². The predicted octanol–water partition coefficient (Wildman–Crippen LogP) is 4.56. The highest BCUT2D eigenvalue weighted by atomic mass is 79.9. The van der Waals surface area contributed by atoms with Gasteiger partial charge in [0.15, 0.2) is 5.78 Å². The molecule has 1 heterocycles. The lowest BCUT2D eigenvalue weighted by atomic mass is 10.2. The number of hydrogen-bond donors (Lipinski definition) is 0. The van der Waals surface area contributed by atoms with E-state index >= 15 is 0 Å². The molecule has 2 nitrogen and oxygen atoms in total. The lowest BCUT2D eigenvalue weighted by Gasteiger charge is -2.03. The van der Waals surface area contributed by atoms with E-state index < -0.39 is 0 Å². The normalized spacial score (nSPS) is 10.6. The summed E-state index contributed by atoms with van der Waals surface area (Å²) in [6.45, 7) is 0.471. The zero-order valence-electron chi connectivity index (χ0n) is 9.36. The van der Waals surface area contributed by atoms with Crippen molar-refractivity contribution < 1.29 is 9.53 Å². The first-order valence-corrected chi connectivity index (χ1v) is 7.24. The predicted molar refractivity (Wildman–Crippen MR) is 77.5 cm³/mol. The molecule has 0 aliphatic rings. The van der Waals surface area contributed by atoms with E-state index in [2.05, 4.69) is 15.9 Å². The number of rotatable bonds is 5. The number of ketones is 1. The largest absolute Gasteiger partial charge is 0.369 e. The van der Waals surface area contributed by atoms with Crippen molar-refractivity contribution >= 4 is 44.7 Å². The fourth-order valence-electron chi connectivity index (χ4n) is 1.42. The summed E-state index contributed by atoms with van der Waals surface area (Å²) in [5.74, 6) is -0.00673. The first-order valence-electron chi connectivity index (χ1n) is 5.26. The maximum atomic E-state index is 11.8. The lowest BCUT2D eigenvalue weighted by Crippen LogP contribution is -2.07. The van der Waals surface area contributed by atoms with Crippen LogP contribution in [0.15, 0.2) is 40.2 Å². The Morgan fingerprint density at radius 1 is 1.33 bits per heavy atom. The number of hydrogen-bond acceptors (Lipinski definition) is 3. The quantitative estimate of drug-likeness (QED) is 0.742. The van der Waals surface area contributed by atoms with Gasteiger partial charge in [-0.1, -0.05) is 23.7 Å². The average molecular weight is 346 g/mol. The third-order valence-electron chi connectivity index (χ3n) is 2.24. The van der Waals surface area contributed by atoms with Crippen molar-refractivity contribution in [2.45, 2.75) is 6.61 Å². The van der Waals surface area contributed by atoms with E-state index in [1.54, 1.807) is 12.1 Å². The van der Waals surface area contributed by atoms with Crippen molar-refractivity contribution in [3.8, 4) is 0 Å². The molecule has 0 amide bonds. The summed E-state index contributed by atoms with van der Waals surface area (Å²) in [6, 6.07) is 11.1. The molecular formula is C13H10BrClO2S. The molecule has 2 aromatic rings. The van der Waals surface area contributed by atoms with Gasteiger partial charge in [0.05, 0.1) is 15.3 Å². The second-order valence-corrected chi connectivity index (χ2v) is 6.55. The van der Waals surface area contributed by atoms with Crippen molar-refractivity contribution in [2.75, 3.05) is 6.61 Å². The molecule has 1 aromatic carbocycles. The van der Waals surface area contributed by atoms with Gasteiger partial charge in [-0.3, -0.25) is 4.79 Å². The molecule has 2 rings (SSSR count). The molecule has 0 atom stereocenters. The van der Waals surface area contributed by atoms with E-state index in [1.165, 1.54) is 11.3 Å². The van der Waals surface area contributed by atoms with Gasteiger partial charge in [0.1, 0.15) is 6.61 Å². The molecule has 0 aliphatic carbocycles. The summed E-state index contributed by atoms with van der Waals surface area (Å²) >= 11 is 10.6. The Bertz CT molecular complexity index is 553. The summed E-state index contributed by atoms with van der Waals surface area (Å²) in [7, 11) is 0. The monoisotopic (exact) mass is 344 g/mol. The Kier molecular flexibility index (Phi) is 4.95. The van der Waals surface area contributed by atoms with Gasteiger partial charge in [0.2, 0.25) is 0 Å². The van der Waals surface area contributed by atoms with E-state index in [0.29, 0.717) is 16.5 Å². The first-order chi connectivity index (χ1) is 8.65. The molecule has 94 valence electrons. The zero-order valence-corrected chi connectivity index (χ0v) is 12.5. The van der Waals surface area contributed by atoms with Crippen LogP contribution < -0.4 is 0 Å². The molecule has 5 heteroatoms. The molecule has 0 radical (unpaired) electrons. The topological polar surface area (TPSA) is 26.3 Å². The maximum Gasteiger partial charge on any atom is 0.198 e. The Balaban J connectivity index is 1.84. The average Bonchev–Trinajstić information content (AvgIpc) is 2.76. The molecule has 0 fully saturated rings. The van der Waals surface area contributed by atoms with Crippen LogP contribution in [0.25, 0.3) is 0 Å². The number of halogens is 2. The van der Waals surface area contributed by atoms with Crippen LogP contribution in [0.1, 0.15) is 15.2 Å². The fourth-order valence-corrected chi connectivity index (χ4v) is 2.95. The number of benzene rings is 1. The highest BCUT2D eigenvalue weighted by Gasteiger charge is 2.08. The van der Waals surface area contributed by atoms with Crippen LogP contribution >= 0.6 is 38.9 Å². The van der Waals surface area contributed by atoms with Crippen molar-refractivity contribution in [3.05, 3.63) is 55.6 Å². The van der Waals surface area contributed by atoms with Crippen LogP contribution in [0.2, 0.25) is 5.02 Å². The summed E-state index contributed by atoms with van der Waals surface area (Å²) in [5, 5.41) is 0.671. The Morgan fingerprint density at radius 2 is 2.17 bits per heavy atom. The van der Waals surface area contributed by atoms with Crippen LogP contribution in [-0.4, -0.2) is 12.4 Å². The van der Waals surface area contributed by atoms with E-state index in [4.69, 9.17) is 16.3 Å². The van der Waals surface area contributed by atoms with Crippen LogP contribution in [0.5, 0.6) is 0 Å². The molecule has 0 N–H and O–H groups in total. The van der Waals surface area contributed by atoms with Crippen LogP contribution in [0, 0.1) is 0 Å². The van der Waals surface area contributed by atoms with Gasteiger partial charge in [0, 0.05) is 5.02 Å². The minimum Gasteiger partial charge on any atom is -0.369 e. The molecule has 0 bridgehead atoms. The molecule has 0 saturated carbocycles. The molecule has 0 aliphatic heterocycles. The van der Waals surface area contributed by atoms with Crippen molar-refractivity contribution in [1.82, 2.24) is 0 Å². The first kappa shape index (κ1) is 13.7. The fraction of sp³-hybridized carbons (Fsp3) is 0.154. The number of Topliss-reactive ketones (excluding diaryl/α,β-unsaturated/α-hetero) is 1. The summed E-state index contributed by atoms with van der Waals surface area (Å²) in [6.07, 6.45) is 0. The standard InChI is InChI=1S/C13H10BrClO2S/c14-13-5-4-12(18-13)11(16)8-17-7-9-2-1-3-10(15)6-9/h1-6H,7-8H2. The van der Waals surface area contributed by atoms with Gasteiger partial charge in [-0.15, -0.1) is 11.3 Å². The molecule has 1 aromatic heterocycles. The molecule has 0 saturated heterocycles. The smallest absolute Gasteiger partial charge is 0.198 e. The number of thiophene rings is 1. The summed E-state index contributed by atoms with van der Waals surface area (Å²) in [5.41, 5.74) is 0.961. The Hall–Kier alpha value is -0.680. The van der Waals surface area contributed by atoms with Gasteiger partial charge >= 0.3 is 0 Å². The van der Waals surface area contributed by atoms with Gasteiger partial charge in [-0.2, -0.15) is 0 Å². The third-order valence-corrected chi connectivity index (χ3v) is 4.14. The second kappa shape index (κ2) is 6.48. The van der Waals surface area contributed by atoms with E-state index in [1.807, 2.05) is 24.3 Å². The maximum absolute atomic E-state index is 11.8. The number of ether oxygens (including phenoxy) is 1. The van der Waals surface area contributed by atoms with E-state index in [-0.39, 0.29) is 12.4 Å². The van der Waals surface area contributed by atoms with Crippen molar-refractivity contribution in [1.29, 1.82) is 0 Å². The number of carbonyl (C=O) groups is 1. The number of carbonyl (C=O) groups excluding carboxylic acids is 1. The van der Waals surface area contributed by atoms with Gasteiger partial charge in [0.25, 0.3) is 0 Å². The molecular weight excluding hydrogens is 336 g/mol. The van der Waals surface area contributed by atoms with Crippen molar-refractivity contribution in [2.24, 2.45) is 0 Å². The van der Waals surface area contributed by atoms with Crippen molar-refractivity contribution in [3.63, 3.8) is 0 Å². The van der Waals surface area contributed by atoms with Crippen LogP contribution in [0.3, 0.4) is 0 Å². The van der Waals surface area contributed by atoms with Crippen LogP contribution in [0.4, 0.5) is 0 Å². The zero-order chi connectivity index (χ0) is 13.0. The van der Waals surface area contributed by atoms with Gasteiger partial charge in [-0.25, -0.2) is 0 Å². The lowest BCUT2D eigenvalue weighted by molar-refractivity contribution is 0.0730. The van der Waals surface area contributed by atoms with Gasteiger partial charge < -0.3 is 4.74 Å². The minimum atomic E-state index is -0.00673. The Labute approximate surface area is 123 Å². The summed E-state index contributed by atoms with van der Waals surface area (Å²) < 4.78 is 6.33. The minimum absolute atomic E-state index is 0.00673. The highest BCUT2D eigenvalue weighted by Crippen LogP contribution is 2.22. The molecule has 0 unspecified atom stereocenters. The molecule has 0 spiro atoms. The second-order valence-electron chi connectivity index (χ2n) is 3.65. The SMILES string of the molecule is O=C(COCc1cccc(Cl)c1)c1ccc(Br)s1. The highest BCUT2D eigenvalue weighted by molar-refractivity contribution is 9.11. The van der Waals surface area contributed by atoms with Gasteiger partial charge in [-0.05, 0) is 45.8 Å². The third kappa shape index (κ3) is 3.92. The van der Waals surface area contributed by atoms with Crippen LogP contribution in [-0.2, 0) is 11.3 Å². The molecule has 18 heavy (non-hydrogen) atoms. The summed E-state index contributed by atoms with van der Waals surface area (Å²) in [4.78, 5) is 12.5. The van der Waals surface area contributed by atoms with E-state index in [0.717, 1.165) is 9.35 Å².